The third kappa shape index (κ3) is 12.2. The number of aliphatic hydroxyl groups is 3. The number of cyclic esters (lactones) is 1. The molecule has 284 valence electrons. The number of rotatable bonds is 10. The van der Waals surface area contributed by atoms with Gasteiger partial charge in [0, 0.05) is 44.6 Å². The number of hydrogen-bond acceptors (Lipinski definition) is 10. The lowest BCUT2D eigenvalue weighted by atomic mass is 9.91. The second kappa shape index (κ2) is 19.0. The Morgan fingerprint density at radius 1 is 1.10 bits per heavy atom. The van der Waals surface area contributed by atoms with E-state index in [1.54, 1.807) is 19.1 Å². The Balaban J connectivity index is 1.39. The molecule has 10 atom stereocenters. The van der Waals surface area contributed by atoms with Crippen molar-refractivity contribution >= 4 is 12.1 Å². The smallest absolute Gasteiger partial charge is 0.410 e. The number of amides is 1. The van der Waals surface area contributed by atoms with Crippen LogP contribution in [-0.4, -0.2) is 118 Å². The molecule has 0 aromatic carbocycles. The zero-order valence-corrected chi connectivity index (χ0v) is 31.1. The number of hydrogen-bond donors (Lipinski definition) is 4. The maximum atomic E-state index is 13.4. The van der Waals surface area contributed by atoms with E-state index < -0.39 is 42.0 Å². The highest BCUT2D eigenvalue weighted by Crippen LogP contribution is 2.34. The minimum atomic E-state index is -1.18. The van der Waals surface area contributed by atoms with Crippen molar-refractivity contribution in [2.75, 3.05) is 26.2 Å². The van der Waals surface area contributed by atoms with Gasteiger partial charge in [-0.15, -0.1) is 0 Å². The van der Waals surface area contributed by atoms with Crippen molar-refractivity contribution in [3.8, 4) is 0 Å². The molecule has 50 heavy (non-hydrogen) atoms. The Hall–Kier alpha value is -2.28. The Morgan fingerprint density at radius 2 is 1.78 bits per heavy atom. The maximum Gasteiger partial charge on any atom is 0.410 e. The first-order valence-corrected chi connectivity index (χ1v) is 19.2. The van der Waals surface area contributed by atoms with Crippen molar-refractivity contribution in [2.24, 2.45) is 17.6 Å². The number of piperazine rings is 1. The largest absolute Gasteiger partial charge is 0.457 e. The minimum Gasteiger partial charge on any atom is -0.457 e. The molecule has 0 bridgehead atoms. The molecule has 5 unspecified atom stereocenters. The number of epoxide rings is 1. The van der Waals surface area contributed by atoms with Gasteiger partial charge >= 0.3 is 12.1 Å². The summed E-state index contributed by atoms with van der Waals surface area (Å²) in [5, 5.41) is 31.7. The summed E-state index contributed by atoms with van der Waals surface area (Å²) in [6.45, 7) is 12.4. The van der Waals surface area contributed by atoms with Crippen LogP contribution in [0, 0.1) is 11.8 Å². The molecule has 0 aromatic heterocycles. The average molecular weight is 704 g/mol. The lowest BCUT2D eigenvalue weighted by Gasteiger charge is -2.39. The predicted molar refractivity (Wildman–Crippen MR) is 193 cm³/mol. The van der Waals surface area contributed by atoms with E-state index >= 15 is 0 Å². The molecular weight excluding hydrogens is 638 g/mol. The van der Waals surface area contributed by atoms with Crippen LogP contribution < -0.4 is 5.73 Å². The van der Waals surface area contributed by atoms with Gasteiger partial charge in [-0.25, -0.2) is 4.79 Å². The van der Waals surface area contributed by atoms with Crippen LogP contribution in [0.4, 0.5) is 4.79 Å². The van der Waals surface area contributed by atoms with Crippen molar-refractivity contribution in [1.29, 1.82) is 0 Å². The van der Waals surface area contributed by atoms with E-state index in [-0.39, 0.29) is 36.6 Å². The minimum absolute atomic E-state index is 0.0603. The molecule has 3 fully saturated rings. The molecule has 2 saturated heterocycles. The summed E-state index contributed by atoms with van der Waals surface area (Å²) in [6, 6.07) is 0.130. The number of carbonyl (C=O) groups excluding carboxylic acids is 2. The van der Waals surface area contributed by atoms with Gasteiger partial charge in [0.1, 0.15) is 18.3 Å². The van der Waals surface area contributed by atoms with Gasteiger partial charge in [0.15, 0.2) is 0 Å². The fraction of sp³-hybridized carbons (Fsp3) is 0.795. The highest BCUT2D eigenvalue weighted by molar-refractivity contribution is 5.70. The summed E-state index contributed by atoms with van der Waals surface area (Å²) < 4.78 is 17.7. The molecule has 4 rings (SSSR count). The van der Waals surface area contributed by atoms with Crippen LogP contribution in [0.2, 0.25) is 0 Å². The van der Waals surface area contributed by atoms with Gasteiger partial charge in [-0.2, -0.15) is 0 Å². The van der Waals surface area contributed by atoms with Gasteiger partial charge < -0.3 is 40.2 Å². The van der Waals surface area contributed by atoms with E-state index in [0.29, 0.717) is 44.8 Å². The molecule has 1 saturated carbocycles. The van der Waals surface area contributed by atoms with Crippen LogP contribution in [0.25, 0.3) is 0 Å². The monoisotopic (exact) mass is 703 g/mol. The van der Waals surface area contributed by atoms with E-state index in [2.05, 4.69) is 4.90 Å². The summed E-state index contributed by atoms with van der Waals surface area (Å²) in [7, 11) is 0. The van der Waals surface area contributed by atoms with Gasteiger partial charge in [0.05, 0.1) is 36.4 Å². The van der Waals surface area contributed by atoms with Crippen LogP contribution in [0.3, 0.4) is 0 Å². The molecule has 1 aliphatic carbocycles. The molecule has 4 aliphatic rings. The van der Waals surface area contributed by atoms with Crippen molar-refractivity contribution in [3.63, 3.8) is 0 Å². The van der Waals surface area contributed by atoms with E-state index in [4.69, 9.17) is 19.9 Å². The van der Waals surface area contributed by atoms with Crippen molar-refractivity contribution in [2.45, 2.75) is 160 Å². The standard InChI is InChI=1S/C39H65N3O8/c1-6-31(44)35(40)37-33(48-37)25-39(5,47)19-11-12-27(3)36-28(4)16-18-32(26(2)15-17-30(43)24-34(45)50-36)49-38(46)42-22-20-41(21-23-42)29-13-9-7-8-10-14-29/h11-12,16,18-19,26,28-33,35-37,43-44,47H,6-10,13-15,17,20-25,40H2,1-5H3/b18-16+,19-11+,27-12+/t26?,28?,30?,31-,32-,33?,35+,36+,37?,39-/m0/s1. The quantitative estimate of drug-likeness (QED) is 0.0832. The molecule has 0 radical (unpaired) electrons. The number of esters is 1. The number of nitrogens with zero attached hydrogens (tertiary/aromatic N) is 2. The summed E-state index contributed by atoms with van der Waals surface area (Å²) >= 11 is 0. The zero-order valence-electron chi connectivity index (χ0n) is 31.1. The summed E-state index contributed by atoms with van der Waals surface area (Å²) in [4.78, 5) is 30.7. The number of ether oxygens (including phenoxy) is 3. The van der Waals surface area contributed by atoms with Crippen LogP contribution in [0.1, 0.15) is 105 Å². The zero-order chi connectivity index (χ0) is 36.4. The van der Waals surface area contributed by atoms with Crippen molar-refractivity contribution in [1.82, 2.24) is 9.80 Å². The van der Waals surface area contributed by atoms with Gasteiger partial charge in [0.2, 0.25) is 0 Å². The summed E-state index contributed by atoms with van der Waals surface area (Å²) in [5.41, 5.74) is 5.67. The highest BCUT2D eigenvalue weighted by Gasteiger charge is 2.47. The first-order valence-electron chi connectivity index (χ1n) is 19.2. The first-order chi connectivity index (χ1) is 23.8. The second-order valence-corrected chi connectivity index (χ2v) is 15.6. The van der Waals surface area contributed by atoms with E-state index in [1.165, 1.54) is 38.5 Å². The van der Waals surface area contributed by atoms with Gasteiger partial charge in [-0.3, -0.25) is 9.69 Å². The molecule has 11 heteroatoms. The summed E-state index contributed by atoms with van der Waals surface area (Å²) in [6.07, 6.45) is 15.1. The Kier molecular flexibility index (Phi) is 15.4. The van der Waals surface area contributed by atoms with Crippen LogP contribution in [-0.2, 0) is 19.0 Å². The lowest BCUT2D eigenvalue weighted by molar-refractivity contribution is -0.151. The number of carbonyl (C=O) groups is 2. The lowest BCUT2D eigenvalue weighted by Crippen LogP contribution is -2.52. The molecular formula is C39H65N3O8. The highest BCUT2D eigenvalue weighted by atomic mass is 16.6. The Bertz CT molecular complexity index is 1170. The average Bonchev–Trinajstić information content (AvgIpc) is 3.89. The van der Waals surface area contributed by atoms with Crippen molar-refractivity contribution in [3.05, 3.63) is 36.0 Å². The first kappa shape index (κ1) is 40.5. The van der Waals surface area contributed by atoms with Crippen molar-refractivity contribution < 1.29 is 39.1 Å². The third-order valence-electron chi connectivity index (χ3n) is 11.2. The number of aliphatic hydroxyl groups excluding tert-OH is 2. The van der Waals surface area contributed by atoms with Crippen LogP contribution in [0.5, 0.6) is 0 Å². The normalized spacial score (nSPS) is 34.4. The van der Waals surface area contributed by atoms with Crippen LogP contribution >= 0.6 is 0 Å². The SMILES string of the molecule is CC[C@H](O)[C@@H](N)C1OC1C[C@@](C)(O)/C=C/C=C(\C)[C@H]1OC(=O)CC(O)CCC(C)[C@@H](OC(=O)N2CCN(C3CCCCCC3)CC2)/C=C/C1C. The molecule has 11 nitrogen and oxygen atoms in total. The predicted octanol–water partition coefficient (Wildman–Crippen LogP) is 4.63. The second-order valence-electron chi connectivity index (χ2n) is 15.6. The van der Waals surface area contributed by atoms with Gasteiger partial charge in [0.25, 0.3) is 0 Å². The molecule has 3 aliphatic heterocycles. The van der Waals surface area contributed by atoms with E-state index in [9.17, 15) is 24.9 Å². The summed E-state index contributed by atoms with van der Waals surface area (Å²) in [5.74, 6) is -0.799. The van der Waals surface area contributed by atoms with E-state index in [0.717, 1.165) is 18.7 Å². The third-order valence-corrected chi connectivity index (χ3v) is 11.2. The molecule has 3 heterocycles. The maximum absolute atomic E-state index is 13.4. The topological polar surface area (TPSA) is 158 Å². The van der Waals surface area contributed by atoms with Gasteiger partial charge in [-0.05, 0) is 63.5 Å². The van der Waals surface area contributed by atoms with Crippen LogP contribution in [0.15, 0.2) is 36.0 Å². The Morgan fingerprint density at radius 3 is 2.44 bits per heavy atom. The van der Waals surface area contributed by atoms with Gasteiger partial charge in [-0.1, -0.05) is 70.8 Å². The van der Waals surface area contributed by atoms with E-state index in [1.807, 2.05) is 50.8 Å². The molecule has 0 spiro atoms. The fourth-order valence-corrected chi connectivity index (χ4v) is 7.66. The molecule has 0 aromatic rings. The number of allylic oxidation sites excluding steroid dienone is 2. The Labute approximate surface area is 299 Å². The molecule has 5 N–H and O–H groups in total. The molecule has 1 amide bonds. The fourth-order valence-electron chi connectivity index (χ4n) is 7.66. The number of nitrogens with two attached hydrogens (primary N) is 1.